The quantitative estimate of drug-likeness (QED) is 0.776. The predicted octanol–water partition coefficient (Wildman–Crippen LogP) is -0.131. The Hall–Kier alpha value is -2.18. The van der Waals surface area contributed by atoms with Crippen LogP contribution in [0, 0.1) is 0 Å². The summed E-state index contributed by atoms with van der Waals surface area (Å²) in [5.74, 6) is 0.147. The highest BCUT2D eigenvalue weighted by Crippen LogP contribution is 2.19. The van der Waals surface area contributed by atoms with Gasteiger partial charge in [-0.1, -0.05) is 0 Å². The first-order chi connectivity index (χ1) is 8.96. The summed E-state index contributed by atoms with van der Waals surface area (Å²) in [5, 5.41) is 5.58. The maximum Gasteiger partial charge on any atom is 0.274 e. The number of anilines is 1. The number of amides is 2. The lowest BCUT2D eigenvalue weighted by atomic mass is 9.98. The van der Waals surface area contributed by atoms with Crippen LogP contribution in [0.3, 0.4) is 0 Å². The standard InChI is InChI=1S/C12H17N5O2/c1-12(2)11(19)14-4-5-17(12)10(18)8-6-16-9(13-3)7-15-8/h6-7H,4-5H2,1-3H3,(H,13,16)(H,14,19). The lowest BCUT2D eigenvalue weighted by Crippen LogP contribution is -2.63. The van der Waals surface area contributed by atoms with Crippen LogP contribution in [0.1, 0.15) is 24.3 Å². The van der Waals surface area contributed by atoms with Crippen LogP contribution in [0.4, 0.5) is 5.82 Å². The van der Waals surface area contributed by atoms with E-state index in [0.29, 0.717) is 18.9 Å². The normalized spacial score (nSPS) is 17.8. The molecule has 0 aliphatic carbocycles. The number of nitrogens with zero attached hydrogens (tertiary/aromatic N) is 3. The van der Waals surface area contributed by atoms with Crippen LogP contribution in [0.25, 0.3) is 0 Å². The Kier molecular flexibility index (Phi) is 3.37. The minimum atomic E-state index is -0.876. The maximum atomic E-state index is 12.4. The largest absolute Gasteiger partial charge is 0.372 e. The minimum Gasteiger partial charge on any atom is -0.372 e. The fourth-order valence-corrected chi connectivity index (χ4v) is 1.96. The molecule has 102 valence electrons. The summed E-state index contributed by atoms with van der Waals surface area (Å²) in [7, 11) is 1.73. The first-order valence-corrected chi connectivity index (χ1v) is 6.07. The van der Waals surface area contributed by atoms with Gasteiger partial charge in [0.2, 0.25) is 5.91 Å². The van der Waals surface area contributed by atoms with Gasteiger partial charge in [-0.2, -0.15) is 0 Å². The minimum absolute atomic E-state index is 0.160. The fraction of sp³-hybridized carbons (Fsp3) is 0.500. The highest BCUT2D eigenvalue weighted by atomic mass is 16.2. The average Bonchev–Trinajstić information content (AvgIpc) is 2.41. The molecule has 0 bridgehead atoms. The lowest BCUT2D eigenvalue weighted by molar-refractivity contribution is -0.133. The number of rotatable bonds is 2. The van der Waals surface area contributed by atoms with Crippen molar-refractivity contribution in [2.45, 2.75) is 19.4 Å². The molecular weight excluding hydrogens is 246 g/mol. The molecule has 0 radical (unpaired) electrons. The molecular formula is C12H17N5O2. The van der Waals surface area contributed by atoms with Gasteiger partial charge in [-0.25, -0.2) is 9.97 Å². The Labute approximate surface area is 111 Å². The molecule has 19 heavy (non-hydrogen) atoms. The van der Waals surface area contributed by atoms with E-state index in [1.807, 2.05) is 0 Å². The summed E-state index contributed by atoms with van der Waals surface area (Å²) < 4.78 is 0. The van der Waals surface area contributed by atoms with E-state index in [1.54, 1.807) is 20.9 Å². The highest BCUT2D eigenvalue weighted by Gasteiger charge is 2.41. The molecule has 0 spiro atoms. The van der Waals surface area contributed by atoms with Gasteiger partial charge in [0.1, 0.15) is 17.1 Å². The molecule has 2 heterocycles. The topological polar surface area (TPSA) is 87.2 Å². The van der Waals surface area contributed by atoms with Gasteiger partial charge in [0.15, 0.2) is 0 Å². The molecule has 2 rings (SSSR count). The maximum absolute atomic E-state index is 12.4. The average molecular weight is 263 g/mol. The summed E-state index contributed by atoms with van der Waals surface area (Å²) in [6.45, 7) is 4.35. The Morgan fingerprint density at radius 2 is 2.16 bits per heavy atom. The van der Waals surface area contributed by atoms with Gasteiger partial charge in [0.25, 0.3) is 5.91 Å². The SMILES string of the molecule is CNc1cnc(C(=O)N2CCNC(=O)C2(C)C)cn1. The van der Waals surface area contributed by atoms with Crippen LogP contribution in [-0.2, 0) is 4.79 Å². The molecule has 1 saturated heterocycles. The number of carbonyl (C=O) groups is 2. The fourth-order valence-electron chi connectivity index (χ4n) is 1.96. The Morgan fingerprint density at radius 3 is 2.74 bits per heavy atom. The van der Waals surface area contributed by atoms with Crippen LogP contribution in [0.5, 0.6) is 0 Å². The third-order valence-electron chi connectivity index (χ3n) is 3.22. The van der Waals surface area contributed by atoms with Crippen molar-refractivity contribution in [2.75, 3.05) is 25.5 Å². The Bertz CT molecular complexity index is 497. The molecule has 1 aromatic rings. The van der Waals surface area contributed by atoms with E-state index >= 15 is 0 Å². The molecule has 1 fully saturated rings. The zero-order chi connectivity index (χ0) is 14.0. The van der Waals surface area contributed by atoms with Gasteiger partial charge in [0.05, 0.1) is 12.4 Å². The monoisotopic (exact) mass is 263 g/mol. The summed E-state index contributed by atoms with van der Waals surface area (Å²) in [6.07, 6.45) is 2.90. The van der Waals surface area contributed by atoms with E-state index in [0.717, 1.165) is 0 Å². The van der Waals surface area contributed by atoms with Gasteiger partial charge in [-0.05, 0) is 13.8 Å². The Balaban J connectivity index is 2.24. The van der Waals surface area contributed by atoms with Gasteiger partial charge >= 0.3 is 0 Å². The summed E-state index contributed by atoms with van der Waals surface area (Å²) in [4.78, 5) is 33.8. The van der Waals surface area contributed by atoms with E-state index in [4.69, 9.17) is 0 Å². The summed E-state index contributed by atoms with van der Waals surface area (Å²) >= 11 is 0. The second-order valence-electron chi connectivity index (χ2n) is 4.81. The van der Waals surface area contributed by atoms with Crippen LogP contribution < -0.4 is 10.6 Å². The summed E-state index contributed by atoms with van der Waals surface area (Å²) in [6, 6.07) is 0. The third kappa shape index (κ3) is 2.35. The second-order valence-corrected chi connectivity index (χ2v) is 4.81. The van der Waals surface area contributed by atoms with Crippen LogP contribution in [0.2, 0.25) is 0 Å². The van der Waals surface area contributed by atoms with Crippen molar-refractivity contribution in [2.24, 2.45) is 0 Å². The number of piperazine rings is 1. The molecule has 2 N–H and O–H groups in total. The van der Waals surface area contributed by atoms with Gasteiger partial charge < -0.3 is 15.5 Å². The van der Waals surface area contributed by atoms with Crippen LogP contribution >= 0.6 is 0 Å². The molecule has 0 atom stereocenters. The van der Waals surface area contributed by atoms with Crippen molar-refractivity contribution in [1.29, 1.82) is 0 Å². The zero-order valence-electron chi connectivity index (χ0n) is 11.2. The van der Waals surface area contributed by atoms with Crippen molar-refractivity contribution in [3.63, 3.8) is 0 Å². The second kappa shape index (κ2) is 4.83. The van der Waals surface area contributed by atoms with E-state index in [1.165, 1.54) is 17.3 Å². The number of aromatic nitrogens is 2. The number of nitrogens with one attached hydrogen (secondary N) is 2. The van der Waals surface area contributed by atoms with Crippen LogP contribution in [0.15, 0.2) is 12.4 Å². The molecule has 1 aromatic heterocycles. The molecule has 7 heteroatoms. The van der Waals surface area contributed by atoms with E-state index in [2.05, 4.69) is 20.6 Å². The molecule has 1 aliphatic rings. The first-order valence-electron chi connectivity index (χ1n) is 6.07. The smallest absolute Gasteiger partial charge is 0.274 e. The first kappa shape index (κ1) is 13.3. The van der Waals surface area contributed by atoms with Crippen molar-refractivity contribution in [3.8, 4) is 0 Å². The molecule has 0 aromatic carbocycles. The predicted molar refractivity (Wildman–Crippen MR) is 69.7 cm³/mol. The van der Waals surface area contributed by atoms with E-state index < -0.39 is 5.54 Å². The number of hydrogen-bond acceptors (Lipinski definition) is 5. The number of hydrogen-bond donors (Lipinski definition) is 2. The van der Waals surface area contributed by atoms with Gasteiger partial charge in [-0.3, -0.25) is 9.59 Å². The van der Waals surface area contributed by atoms with Crippen molar-refractivity contribution in [3.05, 3.63) is 18.1 Å². The zero-order valence-corrected chi connectivity index (χ0v) is 11.2. The highest BCUT2D eigenvalue weighted by molar-refractivity contribution is 5.98. The van der Waals surface area contributed by atoms with Crippen molar-refractivity contribution >= 4 is 17.6 Å². The molecule has 0 unspecified atom stereocenters. The van der Waals surface area contributed by atoms with Gasteiger partial charge in [0, 0.05) is 20.1 Å². The molecule has 0 saturated carbocycles. The van der Waals surface area contributed by atoms with Crippen molar-refractivity contribution < 1.29 is 9.59 Å². The summed E-state index contributed by atoms with van der Waals surface area (Å²) in [5.41, 5.74) is -0.639. The third-order valence-corrected chi connectivity index (χ3v) is 3.22. The Morgan fingerprint density at radius 1 is 1.42 bits per heavy atom. The molecule has 7 nitrogen and oxygen atoms in total. The molecule has 2 amide bonds. The van der Waals surface area contributed by atoms with Crippen molar-refractivity contribution in [1.82, 2.24) is 20.2 Å². The lowest BCUT2D eigenvalue weighted by Gasteiger charge is -2.40. The van der Waals surface area contributed by atoms with Crippen LogP contribution in [-0.4, -0.2) is 52.4 Å². The number of carbonyl (C=O) groups excluding carboxylic acids is 2. The van der Waals surface area contributed by atoms with Gasteiger partial charge in [-0.15, -0.1) is 0 Å². The van der Waals surface area contributed by atoms with E-state index in [9.17, 15) is 9.59 Å². The van der Waals surface area contributed by atoms with E-state index in [-0.39, 0.29) is 17.5 Å². The molecule has 1 aliphatic heterocycles.